The van der Waals surface area contributed by atoms with Crippen LogP contribution in [0.2, 0.25) is 0 Å². The van der Waals surface area contributed by atoms with Gasteiger partial charge < -0.3 is 15.4 Å². The number of nitrogens with zero attached hydrogens (tertiary/aromatic N) is 3. The smallest absolute Gasteiger partial charge is 0.241 e. The molecule has 2 aromatic carbocycles. The number of ether oxygens (including phenoxy) is 1. The number of benzene rings is 2. The molecule has 1 atom stereocenters. The largest absolute Gasteiger partial charge is 0.492 e. The number of hydrogen-bond donors (Lipinski definition) is 3. The summed E-state index contributed by atoms with van der Waals surface area (Å²) in [5, 5.41) is 6.28. The van der Waals surface area contributed by atoms with Crippen LogP contribution in [-0.4, -0.2) is 54.9 Å². The lowest BCUT2D eigenvalue weighted by molar-refractivity contribution is 0.238. The monoisotopic (exact) mass is 529 g/mol. The molecule has 0 amide bonds. The Morgan fingerprint density at radius 2 is 1.81 bits per heavy atom. The molecule has 4 rings (SSSR count). The van der Waals surface area contributed by atoms with Gasteiger partial charge in [0.15, 0.2) is 0 Å². The molecule has 3 aromatic rings. The Balaban J connectivity index is 1.40. The SMILES string of the molecule is [2H]C(COc1ccc(Nc2ncc(C)c(Nc3cccc(S(=O)(=O)NC(C)(C)C)c3)n2)cc1)N1C([2H])([2H])CCC1([2H])[2H]. The summed E-state index contributed by atoms with van der Waals surface area (Å²) in [5.74, 6) is 1.25. The Hall–Kier alpha value is -3.21. The number of nitrogens with one attached hydrogen (secondary N) is 3. The molecule has 9 nitrogen and oxygen atoms in total. The number of aryl methyl sites for hydroxylation is 1. The van der Waals surface area contributed by atoms with Gasteiger partial charge in [0.2, 0.25) is 16.0 Å². The number of sulfonamides is 1. The van der Waals surface area contributed by atoms with Crippen molar-refractivity contribution in [3.05, 3.63) is 60.3 Å². The van der Waals surface area contributed by atoms with Crippen molar-refractivity contribution in [1.29, 1.82) is 0 Å². The van der Waals surface area contributed by atoms with Gasteiger partial charge in [-0.3, -0.25) is 4.90 Å². The zero-order chi connectivity index (χ0) is 30.9. The van der Waals surface area contributed by atoms with Crippen molar-refractivity contribution >= 4 is 33.2 Å². The maximum atomic E-state index is 12.8. The van der Waals surface area contributed by atoms with E-state index >= 15 is 0 Å². The van der Waals surface area contributed by atoms with Crippen LogP contribution < -0.4 is 20.1 Å². The minimum Gasteiger partial charge on any atom is -0.492 e. The number of anilines is 4. The van der Waals surface area contributed by atoms with Crippen LogP contribution in [0.5, 0.6) is 5.75 Å². The van der Waals surface area contributed by atoms with Gasteiger partial charge in [0, 0.05) is 42.0 Å². The van der Waals surface area contributed by atoms with Gasteiger partial charge in [-0.15, -0.1) is 0 Å². The molecule has 0 saturated carbocycles. The van der Waals surface area contributed by atoms with E-state index in [-0.39, 0.29) is 24.3 Å². The second-order valence-corrected chi connectivity index (χ2v) is 11.2. The van der Waals surface area contributed by atoms with E-state index < -0.39 is 35.1 Å². The van der Waals surface area contributed by atoms with Crippen LogP contribution in [0.4, 0.5) is 23.1 Å². The molecule has 1 saturated heterocycles. The normalized spacial score (nSPS) is 20.1. The molecule has 10 heteroatoms. The van der Waals surface area contributed by atoms with E-state index in [9.17, 15) is 8.42 Å². The topological polar surface area (TPSA) is 108 Å². The highest BCUT2D eigenvalue weighted by molar-refractivity contribution is 7.89. The second-order valence-electron chi connectivity index (χ2n) is 9.56. The van der Waals surface area contributed by atoms with Gasteiger partial charge in [0.05, 0.1) is 4.90 Å². The van der Waals surface area contributed by atoms with E-state index in [1.54, 1.807) is 63.4 Å². The van der Waals surface area contributed by atoms with Crippen molar-refractivity contribution in [3.63, 3.8) is 0 Å². The molecule has 0 spiro atoms. The van der Waals surface area contributed by atoms with Crippen LogP contribution in [0.25, 0.3) is 0 Å². The van der Waals surface area contributed by atoms with Crippen molar-refractivity contribution in [2.24, 2.45) is 0 Å². The molecule has 0 aliphatic carbocycles. The third kappa shape index (κ3) is 7.88. The summed E-state index contributed by atoms with van der Waals surface area (Å²) >= 11 is 0. The van der Waals surface area contributed by atoms with E-state index in [0.29, 0.717) is 28.9 Å². The van der Waals surface area contributed by atoms with Crippen molar-refractivity contribution in [2.75, 3.05) is 36.8 Å². The first-order valence-electron chi connectivity index (χ1n) is 14.5. The van der Waals surface area contributed by atoms with E-state index in [2.05, 4.69) is 25.3 Å². The standard InChI is InChI=1S/C27H36N6O3S/c1-20-19-28-26(30-21-10-12-23(13-11-21)36-17-16-33-14-5-6-15-33)31-25(20)29-22-8-7-9-24(18-22)37(34,35)32-27(2,3)4/h7-13,18-19,32H,5-6,14-17H2,1-4H3,(H2,28,29,30,31)/i14D2,15D2,16D. The first-order valence-corrected chi connectivity index (χ1v) is 13.4. The molecule has 1 unspecified atom stereocenters. The Bertz CT molecular complexity index is 1500. The molecular weight excluding hydrogens is 488 g/mol. The van der Waals surface area contributed by atoms with Gasteiger partial charge in [0.25, 0.3) is 0 Å². The number of rotatable bonds is 10. The fraction of sp³-hybridized carbons (Fsp3) is 0.407. The maximum Gasteiger partial charge on any atom is 0.241 e. The van der Waals surface area contributed by atoms with Crippen LogP contribution in [0, 0.1) is 6.92 Å². The molecule has 198 valence electrons. The minimum absolute atomic E-state index is 0.0251. The summed E-state index contributed by atoms with van der Waals surface area (Å²) in [5.41, 5.74) is 1.34. The quantitative estimate of drug-likeness (QED) is 0.343. The van der Waals surface area contributed by atoms with Gasteiger partial charge >= 0.3 is 0 Å². The minimum atomic E-state index is -3.71. The average molecular weight is 530 g/mol. The predicted octanol–water partition coefficient (Wildman–Crippen LogP) is 4.82. The van der Waals surface area contributed by atoms with Gasteiger partial charge in [-0.25, -0.2) is 18.1 Å². The summed E-state index contributed by atoms with van der Waals surface area (Å²) in [6.45, 7) is 1.95. The lowest BCUT2D eigenvalue weighted by atomic mass is 10.1. The van der Waals surface area contributed by atoms with E-state index in [1.165, 1.54) is 12.1 Å². The Kier molecular flexibility index (Phi) is 6.44. The second kappa shape index (κ2) is 11.5. The Morgan fingerprint density at radius 3 is 2.51 bits per heavy atom. The lowest BCUT2D eigenvalue weighted by Gasteiger charge is -2.20. The molecule has 1 aliphatic rings. The molecule has 3 N–H and O–H groups in total. The van der Waals surface area contributed by atoms with Crippen molar-refractivity contribution in [3.8, 4) is 5.75 Å². The molecule has 1 fully saturated rings. The fourth-order valence-electron chi connectivity index (χ4n) is 3.48. The lowest BCUT2D eigenvalue weighted by Crippen LogP contribution is -2.40. The van der Waals surface area contributed by atoms with Crippen molar-refractivity contribution in [2.45, 2.75) is 51.0 Å². The molecular formula is C27H36N6O3S. The van der Waals surface area contributed by atoms with Gasteiger partial charge in [-0.2, -0.15) is 4.98 Å². The fourth-order valence-corrected chi connectivity index (χ4v) is 4.94. The highest BCUT2D eigenvalue weighted by Crippen LogP contribution is 2.24. The van der Waals surface area contributed by atoms with E-state index in [0.717, 1.165) is 10.5 Å². The first-order chi connectivity index (χ1) is 19.5. The highest BCUT2D eigenvalue weighted by Gasteiger charge is 2.22. The molecule has 0 radical (unpaired) electrons. The molecule has 2 heterocycles. The average Bonchev–Trinajstić information content (AvgIpc) is 3.11. The summed E-state index contributed by atoms with van der Waals surface area (Å²) < 4.78 is 74.2. The third-order valence-electron chi connectivity index (χ3n) is 5.13. The molecule has 0 bridgehead atoms. The number of hydrogen-bond acceptors (Lipinski definition) is 8. The summed E-state index contributed by atoms with van der Waals surface area (Å²) in [4.78, 5) is 9.92. The van der Waals surface area contributed by atoms with Crippen molar-refractivity contribution < 1.29 is 20.0 Å². The zero-order valence-electron chi connectivity index (χ0n) is 26.4. The van der Waals surface area contributed by atoms with Crippen molar-refractivity contribution in [1.82, 2.24) is 19.6 Å². The zero-order valence-corrected chi connectivity index (χ0v) is 22.2. The Labute approximate surface area is 226 Å². The third-order valence-corrected chi connectivity index (χ3v) is 6.88. The van der Waals surface area contributed by atoms with Crippen LogP contribution in [0.1, 0.15) is 46.0 Å². The molecule has 37 heavy (non-hydrogen) atoms. The Morgan fingerprint density at radius 1 is 1.08 bits per heavy atom. The maximum absolute atomic E-state index is 12.8. The highest BCUT2D eigenvalue weighted by atomic mass is 32.2. The van der Waals surface area contributed by atoms with Gasteiger partial charge in [0.1, 0.15) is 18.2 Å². The first kappa shape index (κ1) is 20.8. The predicted molar refractivity (Wildman–Crippen MR) is 147 cm³/mol. The van der Waals surface area contributed by atoms with Crippen LogP contribution in [-0.2, 0) is 10.0 Å². The molecule has 1 aliphatic heterocycles. The summed E-state index contributed by atoms with van der Waals surface area (Å²) in [6.07, 6.45) is 1.69. The molecule has 1 aromatic heterocycles. The summed E-state index contributed by atoms with van der Waals surface area (Å²) in [7, 11) is -3.71. The van der Waals surface area contributed by atoms with Crippen LogP contribution >= 0.6 is 0 Å². The van der Waals surface area contributed by atoms with Crippen LogP contribution in [0.3, 0.4) is 0 Å². The number of likely N-dealkylation sites (tertiary alicyclic amines) is 1. The van der Waals surface area contributed by atoms with Gasteiger partial charge in [-0.1, -0.05) is 6.07 Å². The van der Waals surface area contributed by atoms with Gasteiger partial charge in [-0.05, 0) is 96.0 Å². The summed E-state index contributed by atoms with van der Waals surface area (Å²) in [6, 6.07) is 13.3. The number of aromatic nitrogens is 2. The van der Waals surface area contributed by atoms with E-state index in [4.69, 9.17) is 11.6 Å². The van der Waals surface area contributed by atoms with E-state index in [1.807, 2.05) is 6.92 Å². The van der Waals surface area contributed by atoms with Crippen LogP contribution in [0.15, 0.2) is 59.6 Å².